The molecule has 2 rings (SSSR count). The summed E-state index contributed by atoms with van der Waals surface area (Å²) >= 11 is 3.07. The van der Waals surface area contributed by atoms with Crippen LogP contribution in [0.2, 0.25) is 0 Å². The van der Waals surface area contributed by atoms with Gasteiger partial charge >= 0.3 is 0 Å². The molecular formula is C15H14BrF2NO. The largest absolute Gasteiger partial charge is 0.457 e. The number of nitrogens with one attached hydrogen (secondary N) is 1. The van der Waals surface area contributed by atoms with Crippen molar-refractivity contribution in [2.75, 3.05) is 6.54 Å². The average molecular weight is 342 g/mol. The van der Waals surface area contributed by atoms with Crippen molar-refractivity contribution in [1.29, 1.82) is 0 Å². The molecule has 20 heavy (non-hydrogen) atoms. The van der Waals surface area contributed by atoms with Crippen LogP contribution in [0.5, 0.6) is 11.5 Å². The van der Waals surface area contributed by atoms with E-state index in [1.807, 2.05) is 6.92 Å². The maximum atomic E-state index is 13.8. The number of benzene rings is 2. The lowest BCUT2D eigenvalue weighted by Gasteiger charge is -2.12. The van der Waals surface area contributed by atoms with Crippen LogP contribution in [0.3, 0.4) is 0 Å². The maximum Gasteiger partial charge on any atom is 0.141 e. The fourth-order valence-corrected chi connectivity index (χ4v) is 1.97. The van der Waals surface area contributed by atoms with Crippen LogP contribution in [-0.2, 0) is 6.54 Å². The lowest BCUT2D eigenvalue weighted by atomic mass is 10.2. The van der Waals surface area contributed by atoms with Crippen molar-refractivity contribution in [2.45, 2.75) is 13.5 Å². The number of hydrogen-bond acceptors (Lipinski definition) is 2. The van der Waals surface area contributed by atoms with Crippen LogP contribution >= 0.6 is 15.9 Å². The highest BCUT2D eigenvalue weighted by Crippen LogP contribution is 2.29. The molecule has 0 aliphatic carbocycles. The van der Waals surface area contributed by atoms with E-state index in [2.05, 4.69) is 21.2 Å². The summed E-state index contributed by atoms with van der Waals surface area (Å²) in [7, 11) is 0. The standard InChI is InChI=1S/C15H14BrF2NO/c1-2-19-9-11-13(17)4-3-5-15(11)20-10-6-7-12(16)14(18)8-10/h3-8,19H,2,9H2,1H3. The molecule has 0 atom stereocenters. The van der Waals surface area contributed by atoms with Crippen LogP contribution < -0.4 is 10.1 Å². The summed E-state index contributed by atoms with van der Waals surface area (Å²) in [5, 5.41) is 3.05. The topological polar surface area (TPSA) is 21.3 Å². The third kappa shape index (κ3) is 3.55. The summed E-state index contributed by atoms with van der Waals surface area (Å²) in [6.45, 7) is 3.02. The second kappa shape index (κ2) is 6.81. The summed E-state index contributed by atoms with van der Waals surface area (Å²) in [5.74, 6) is -0.0603. The van der Waals surface area contributed by atoms with Gasteiger partial charge in [-0.1, -0.05) is 13.0 Å². The van der Waals surface area contributed by atoms with E-state index in [0.29, 0.717) is 28.1 Å². The van der Waals surface area contributed by atoms with Gasteiger partial charge in [-0.3, -0.25) is 0 Å². The normalized spacial score (nSPS) is 10.6. The number of ether oxygens (including phenoxy) is 1. The highest BCUT2D eigenvalue weighted by Gasteiger charge is 2.11. The quantitative estimate of drug-likeness (QED) is 0.856. The highest BCUT2D eigenvalue weighted by atomic mass is 79.9. The molecule has 0 aromatic heterocycles. The molecule has 0 saturated heterocycles. The first-order valence-electron chi connectivity index (χ1n) is 6.23. The Morgan fingerprint density at radius 3 is 2.65 bits per heavy atom. The fraction of sp³-hybridized carbons (Fsp3) is 0.200. The average Bonchev–Trinajstić information content (AvgIpc) is 2.42. The predicted octanol–water partition coefficient (Wildman–Crippen LogP) is 4.63. The van der Waals surface area contributed by atoms with Crippen molar-refractivity contribution in [3.05, 3.63) is 58.1 Å². The third-order valence-electron chi connectivity index (χ3n) is 2.75. The molecule has 0 aliphatic rings. The van der Waals surface area contributed by atoms with Gasteiger partial charge in [0.1, 0.15) is 23.1 Å². The Hall–Kier alpha value is -1.46. The van der Waals surface area contributed by atoms with Crippen molar-refractivity contribution in [3.8, 4) is 11.5 Å². The van der Waals surface area contributed by atoms with E-state index >= 15 is 0 Å². The van der Waals surface area contributed by atoms with Crippen LogP contribution in [0.1, 0.15) is 12.5 Å². The van der Waals surface area contributed by atoms with Crippen LogP contribution in [0.4, 0.5) is 8.78 Å². The van der Waals surface area contributed by atoms with Gasteiger partial charge in [0.2, 0.25) is 0 Å². The minimum atomic E-state index is -0.424. The van der Waals surface area contributed by atoms with Crippen molar-refractivity contribution in [3.63, 3.8) is 0 Å². The Balaban J connectivity index is 2.28. The van der Waals surface area contributed by atoms with E-state index in [-0.39, 0.29) is 5.82 Å². The van der Waals surface area contributed by atoms with Gasteiger partial charge in [-0.15, -0.1) is 0 Å². The monoisotopic (exact) mass is 341 g/mol. The molecule has 0 radical (unpaired) electrons. The molecule has 0 heterocycles. The van der Waals surface area contributed by atoms with Gasteiger partial charge in [-0.05, 0) is 46.7 Å². The van der Waals surface area contributed by atoms with Crippen molar-refractivity contribution in [1.82, 2.24) is 5.32 Å². The Morgan fingerprint density at radius 2 is 1.95 bits per heavy atom. The Kier molecular flexibility index (Phi) is 5.09. The van der Waals surface area contributed by atoms with Crippen LogP contribution in [0.25, 0.3) is 0 Å². The summed E-state index contributed by atoms with van der Waals surface area (Å²) in [5.41, 5.74) is 0.428. The minimum absolute atomic E-state index is 0.328. The van der Waals surface area contributed by atoms with Gasteiger partial charge in [0.15, 0.2) is 0 Å². The lowest BCUT2D eigenvalue weighted by molar-refractivity contribution is 0.458. The maximum absolute atomic E-state index is 13.8. The van der Waals surface area contributed by atoms with Gasteiger partial charge in [0.25, 0.3) is 0 Å². The molecule has 0 bridgehead atoms. The first kappa shape index (κ1) is 14.9. The molecule has 2 aromatic carbocycles. The van der Waals surface area contributed by atoms with Crippen molar-refractivity contribution < 1.29 is 13.5 Å². The molecule has 106 valence electrons. The van der Waals surface area contributed by atoms with Gasteiger partial charge in [0.05, 0.1) is 4.47 Å². The Labute approximate surface area is 124 Å². The third-order valence-corrected chi connectivity index (χ3v) is 3.39. The molecule has 1 N–H and O–H groups in total. The molecule has 0 fully saturated rings. The summed E-state index contributed by atoms with van der Waals surface area (Å²) < 4.78 is 33.2. The number of hydrogen-bond donors (Lipinski definition) is 1. The Bertz CT molecular complexity index is 604. The fourth-order valence-electron chi connectivity index (χ4n) is 1.72. The first-order valence-corrected chi connectivity index (χ1v) is 7.02. The minimum Gasteiger partial charge on any atom is -0.457 e. The summed E-state index contributed by atoms with van der Waals surface area (Å²) in [6, 6.07) is 9.03. The van der Waals surface area contributed by atoms with Gasteiger partial charge in [-0.2, -0.15) is 0 Å². The van der Waals surface area contributed by atoms with E-state index in [9.17, 15) is 8.78 Å². The predicted molar refractivity (Wildman–Crippen MR) is 78.0 cm³/mol. The Morgan fingerprint density at radius 1 is 1.15 bits per heavy atom. The highest BCUT2D eigenvalue weighted by molar-refractivity contribution is 9.10. The van der Waals surface area contributed by atoms with Crippen LogP contribution in [-0.4, -0.2) is 6.54 Å². The second-order valence-corrected chi connectivity index (χ2v) is 5.03. The smallest absolute Gasteiger partial charge is 0.141 e. The molecule has 2 aromatic rings. The molecule has 0 spiro atoms. The lowest BCUT2D eigenvalue weighted by Crippen LogP contribution is -2.13. The summed E-state index contributed by atoms with van der Waals surface area (Å²) in [6.07, 6.45) is 0. The van der Waals surface area contributed by atoms with E-state index < -0.39 is 5.82 Å². The van der Waals surface area contributed by atoms with Crippen LogP contribution in [0.15, 0.2) is 40.9 Å². The van der Waals surface area contributed by atoms with E-state index in [0.717, 1.165) is 6.54 Å². The van der Waals surface area contributed by atoms with Gasteiger partial charge in [0, 0.05) is 18.2 Å². The molecule has 0 unspecified atom stereocenters. The van der Waals surface area contributed by atoms with Gasteiger partial charge < -0.3 is 10.1 Å². The molecule has 5 heteroatoms. The second-order valence-electron chi connectivity index (χ2n) is 4.17. The first-order chi connectivity index (χ1) is 9.61. The zero-order valence-electron chi connectivity index (χ0n) is 10.9. The number of halogens is 3. The molecule has 0 saturated carbocycles. The molecular weight excluding hydrogens is 328 g/mol. The van der Waals surface area contributed by atoms with Crippen molar-refractivity contribution in [2.24, 2.45) is 0 Å². The zero-order valence-corrected chi connectivity index (χ0v) is 12.5. The molecule has 2 nitrogen and oxygen atoms in total. The molecule has 0 amide bonds. The molecule has 0 aliphatic heterocycles. The van der Waals surface area contributed by atoms with Crippen molar-refractivity contribution >= 4 is 15.9 Å². The number of rotatable bonds is 5. The SMILES string of the molecule is CCNCc1c(F)cccc1Oc1ccc(Br)c(F)c1. The van der Waals surface area contributed by atoms with Crippen LogP contribution in [0, 0.1) is 11.6 Å². The van der Waals surface area contributed by atoms with E-state index in [4.69, 9.17) is 4.74 Å². The van der Waals surface area contributed by atoms with Gasteiger partial charge in [-0.25, -0.2) is 8.78 Å². The van der Waals surface area contributed by atoms with E-state index in [1.165, 1.54) is 12.1 Å². The zero-order chi connectivity index (χ0) is 14.5. The van der Waals surface area contributed by atoms with E-state index in [1.54, 1.807) is 24.3 Å². The summed E-state index contributed by atoms with van der Waals surface area (Å²) in [4.78, 5) is 0.